The van der Waals surface area contributed by atoms with Crippen LogP contribution in [0.5, 0.6) is 5.75 Å². The molecule has 7 heteroatoms. The molecule has 3 aromatic rings. The topological polar surface area (TPSA) is 79.8 Å². The molecule has 0 aliphatic rings. The first-order valence-corrected chi connectivity index (χ1v) is 9.59. The number of carbonyl (C=O) groups excluding carboxylic acids is 2. The van der Waals surface area contributed by atoms with Crippen molar-refractivity contribution in [2.24, 2.45) is 5.10 Å². The van der Waals surface area contributed by atoms with Crippen molar-refractivity contribution >= 4 is 28.8 Å². The summed E-state index contributed by atoms with van der Waals surface area (Å²) in [5.41, 5.74) is 3.21. The highest BCUT2D eigenvalue weighted by Crippen LogP contribution is 2.27. The summed E-state index contributed by atoms with van der Waals surface area (Å²) in [5.74, 6) is -0.743. The molecule has 0 heterocycles. The standard InChI is InChI=1S/C23H22FN3O3/c1-2-30-21-12-11-16(17-7-3-4-8-18(17)21)15-26-27-22(28)13-14-25-23(29)19-9-5-6-10-20(19)24/h3-12,15H,2,13-14H2,1H3,(H,25,29)(H,27,28). The Morgan fingerprint density at radius 1 is 1.03 bits per heavy atom. The molecule has 2 amide bonds. The van der Waals surface area contributed by atoms with Gasteiger partial charge in [-0.25, -0.2) is 9.82 Å². The lowest BCUT2D eigenvalue weighted by atomic mass is 10.0. The van der Waals surface area contributed by atoms with Gasteiger partial charge in [-0.05, 0) is 36.6 Å². The molecule has 0 aliphatic heterocycles. The fourth-order valence-corrected chi connectivity index (χ4v) is 2.95. The highest BCUT2D eigenvalue weighted by atomic mass is 19.1. The lowest BCUT2D eigenvalue weighted by molar-refractivity contribution is -0.120. The summed E-state index contributed by atoms with van der Waals surface area (Å²) in [6.45, 7) is 2.57. The molecule has 154 valence electrons. The molecule has 0 spiro atoms. The molecule has 3 rings (SSSR count). The van der Waals surface area contributed by atoms with Crippen molar-refractivity contribution in [3.05, 3.63) is 77.6 Å². The highest BCUT2D eigenvalue weighted by molar-refractivity contribution is 6.02. The summed E-state index contributed by atoms with van der Waals surface area (Å²) in [7, 11) is 0. The minimum absolute atomic E-state index is 0.0154. The van der Waals surface area contributed by atoms with Gasteiger partial charge in [0.1, 0.15) is 11.6 Å². The molecule has 0 bridgehead atoms. The molecule has 0 aromatic heterocycles. The van der Waals surface area contributed by atoms with Crippen molar-refractivity contribution in [3.63, 3.8) is 0 Å². The highest BCUT2D eigenvalue weighted by Gasteiger charge is 2.10. The zero-order chi connectivity index (χ0) is 21.3. The summed E-state index contributed by atoms with van der Waals surface area (Å²) in [4.78, 5) is 23.9. The van der Waals surface area contributed by atoms with E-state index in [2.05, 4.69) is 15.8 Å². The largest absolute Gasteiger partial charge is 0.493 e. The fraction of sp³-hybridized carbons (Fsp3) is 0.174. The maximum atomic E-state index is 13.6. The molecule has 0 atom stereocenters. The van der Waals surface area contributed by atoms with E-state index in [1.807, 2.05) is 43.3 Å². The number of amides is 2. The van der Waals surface area contributed by atoms with Gasteiger partial charge in [0.05, 0.1) is 18.4 Å². The van der Waals surface area contributed by atoms with Gasteiger partial charge >= 0.3 is 0 Å². The number of hydrogen-bond donors (Lipinski definition) is 2. The average Bonchev–Trinajstić information content (AvgIpc) is 2.75. The van der Waals surface area contributed by atoms with E-state index in [-0.39, 0.29) is 24.4 Å². The molecule has 0 unspecified atom stereocenters. The number of fused-ring (bicyclic) bond motifs is 1. The van der Waals surface area contributed by atoms with E-state index >= 15 is 0 Å². The second kappa shape index (κ2) is 10.2. The Bertz CT molecular complexity index is 1080. The Balaban J connectivity index is 1.54. The van der Waals surface area contributed by atoms with Gasteiger partial charge in [-0.3, -0.25) is 9.59 Å². The van der Waals surface area contributed by atoms with E-state index in [1.165, 1.54) is 18.2 Å². The molecule has 6 nitrogen and oxygen atoms in total. The third-order valence-electron chi connectivity index (χ3n) is 4.37. The predicted octanol–water partition coefficient (Wildman–Crippen LogP) is 3.65. The van der Waals surface area contributed by atoms with Crippen molar-refractivity contribution in [1.29, 1.82) is 0 Å². The van der Waals surface area contributed by atoms with Crippen LogP contribution in [0.2, 0.25) is 0 Å². The molecule has 0 saturated heterocycles. The van der Waals surface area contributed by atoms with Crippen LogP contribution >= 0.6 is 0 Å². The zero-order valence-electron chi connectivity index (χ0n) is 16.5. The molecular formula is C23H22FN3O3. The second-order valence-corrected chi connectivity index (χ2v) is 6.41. The molecule has 3 aromatic carbocycles. The van der Waals surface area contributed by atoms with E-state index in [4.69, 9.17) is 4.74 Å². The number of carbonyl (C=O) groups is 2. The summed E-state index contributed by atoms with van der Waals surface area (Å²) in [5, 5.41) is 8.44. The van der Waals surface area contributed by atoms with Crippen LogP contribution in [0.15, 0.2) is 65.8 Å². The maximum Gasteiger partial charge on any atom is 0.254 e. The molecule has 2 N–H and O–H groups in total. The first-order valence-electron chi connectivity index (χ1n) is 9.59. The van der Waals surface area contributed by atoms with Crippen molar-refractivity contribution in [2.45, 2.75) is 13.3 Å². The van der Waals surface area contributed by atoms with Crippen molar-refractivity contribution in [3.8, 4) is 5.75 Å². The Hall–Kier alpha value is -3.74. The van der Waals surface area contributed by atoms with Crippen molar-refractivity contribution in [2.75, 3.05) is 13.2 Å². The summed E-state index contributed by atoms with van der Waals surface area (Å²) in [6, 6.07) is 17.2. The van der Waals surface area contributed by atoms with Gasteiger partial charge < -0.3 is 10.1 Å². The molecule has 30 heavy (non-hydrogen) atoms. The van der Waals surface area contributed by atoms with Gasteiger partial charge in [0.25, 0.3) is 5.91 Å². The number of nitrogens with one attached hydrogen (secondary N) is 2. The molecule has 0 fully saturated rings. The normalized spacial score (nSPS) is 10.9. The van der Waals surface area contributed by atoms with E-state index in [9.17, 15) is 14.0 Å². The first-order chi connectivity index (χ1) is 14.6. The predicted molar refractivity (Wildman–Crippen MR) is 114 cm³/mol. The lowest BCUT2D eigenvalue weighted by Gasteiger charge is -2.09. The van der Waals surface area contributed by atoms with Gasteiger partial charge in [-0.2, -0.15) is 5.10 Å². The van der Waals surface area contributed by atoms with Gasteiger partial charge in [0.15, 0.2) is 0 Å². The monoisotopic (exact) mass is 407 g/mol. The van der Waals surface area contributed by atoms with Crippen LogP contribution < -0.4 is 15.5 Å². The van der Waals surface area contributed by atoms with Gasteiger partial charge in [0.2, 0.25) is 5.91 Å². The third kappa shape index (κ3) is 5.20. The molecule has 0 saturated carbocycles. The number of rotatable bonds is 8. The van der Waals surface area contributed by atoms with E-state index in [0.717, 1.165) is 22.1 Å². The van der Waals surface area contributed by atoms with Crippen molar-refractivity contribution in [1.82, 2.24) is 10.7 Å². The van der Waals surface area contributed by atoms with Gasteiger partial charge in [0, 0.05) is 23.9 Å². The Morgan fingerprint density at radius 3 is 2.53 bits per heavy atom. The zero-order valence-corrected chi connectivity index (χ0v) is 16.5. The number of hydrogen-bond acceptors (Lipinski definition) is 4. The minimum Gasteiger partial charge on any atom is -0.493 e. The Morgan fingerprint density at radius 2 is 1.77 bits per heavy atom. The molecule has 0 radical (unpaired) electrons. The second-order valence-electron chi connectivity index (χ2n) is 6.41. The van der Waals surface area contributed by atoms with Crippen LogP contribution in [-0.4, -0.2) is 31.2 Å². The summed E-state index contributed by atoms with van der Waals surface area (Å²) < 4.78 is 19.2. The van der Waals surface area contributed by atoms with Gasteiger partial charge in [-0.15, -0.1) is 0 Å². The number of nitrogens with zero attached hydrogens (tertiary/aromatic N) is 1. The third-order valence-corrected chi connectivity index (χ3v) is 4.37. The quantitative estimate of drug-likeness (QED) is 0.442. The first kappa shape index (κ1) is 21.0. The lowest BCUT2D eigenvalue weighted by Crippen LogP contribution is -2.29. The van der Waals surface area contributed by atoms with Crippen molar-refractivity contribution < 1.29 is 18.7 Å². The Labute approximate surface area is 173 Å². The number of hydrazone groups is 1. The van der Waals surface area contributed by atoms with Crippen LogP contribution in [0.4, 0.5) is 4.39 Å². The fourth-order valence-electron chi connectivity index (χ4n) is 2.95. The number of halogens is 1. The maximum absolute atomic E-state index is 13.6. The van der Waals surface area contributed by atoms with E-state index in [0.29, 0.717) is 6.61 Å². The van der Waals surface area contributed by atoms with Crippen LogP contribution in [0.3, 0.4) is 0 Å². The molecular weight excluding hydrogens is 385 g/mol. The summed E-state index contributed by atoms with van der Waals surface area (Å²) >= 11 is 0. The van der Waals surface area contributed by atoms with Crippen LogP contribution in [0, 0.1) is 5.82 Å². The molecule has 0 aliphatic carbocycles. The van der Waals surface area contributed by atoms with Crippen LogP contribution in [-0.2, 0) is 4.79 Å². The summed E-state index contributed by atoms with van der Waals surface area (Å²) in [6.07, 6.45) is 1.58. The number of benzene rings is 3. The van der Waals surface area contributed by atoms with Gasteiger partial charge in [-0.1, -0.05) is 36.4 Å². The minimum atomic E-state index is -0.605. The number of ether oxygens (including phenoxy) is 1. The SMILES string of the molecule is CCOc1ccc(C=NNC(=O)CCNC(=O)c2ccccc2F)c2ccccc12. The van der Waals surface area contributed by atoms with E-state index < -0.39 is 11.7 Å². The van der Waals surface area contributed by atoms with Crippen LogP contribution in [0.25, 0.3) is 10.8 Å². The van der Waals surface area contributed by atoms with E-state index in [1.54, 1.807) is 12.3 Å². The average molecular weight is 407 g/mol. The smallest absolute Gasteiger partial charge is 0.254 e. The Kier molecular flexibility index (Phi) is 7.10. The van der Waals surface area contributed by atoms with Crippen LogP contribution in [0.1, 0.15) is 29.3 Å².